The number of carbonyl (C=O) groups is 1. The van der Waals surface area contributed by atoms with Crippen molar-refractivity contribution in [2.24, 2.45) is 0 Å². The molecule has 1 amide bonds. The molecular formula is C20H24N2O5S. The van der Waals surface area contributed by atoms with Gasteiger partial charge in [0.2, 0.25) is 15.9 Å². The predicted molar refractivity (Wildman–Crippen MR) is 109 cm³/mol. The molecule has 0 aliphatic carbocycles. The second-order valence-corrected chi connectivity index (χ2v) is 7.95. The summed E-state index contributed by atoms with van der Waals surface area (Å²) in [5, 5.41) is 2.69. The molecule has 2 N–H and O–H groups in total. The molecule has 0 heterocycles. The van der Waals surface area contributed by atoms with Crippen molar-refractivity contribution in [2.75, 3.05) is 19.5 Å². The van der Waals surface area contributed by atoms with Crippen molar-refractivity contribution in [1.29, 1.82) is 0 Å². The maximum atomic E-state index is 12.1. The standard InChI is InChI=1S/C20H24N2O5S/c1-14(2)22-28(24,25)17-9-7-16(8-10-17)21-20(23)12-6-15-5-11-18(26-3)19(13-15)27-4/h5-14,22H,1-4H3,(H,21,23)/b12-6+. The minimum absolute atomic E-state index is 0.139. The Morgan fingerprint density at radius 1 is 1.00 bits per heavy atom. The molecule has 8 heteroatoms. The lowest BCUT2D eigenvalue weighted by Crippen LogP contribution is -2.30. The summed E-state index contributed by atoms with van der Waals surface area (Å²) in [6, 6.07) is 11.1. The van der Waals surface area contributed by atoms with E-state index in [1.54, 1.807) is 52.3 Å². The third-order valence-corrected chi connectivity index (χ3v) is 5.33. The second kappa shape index (κ2) is 9.38. The monoisotopic (exact) mass is 404 g/mol. The van der Waals surface area contributed by atoms with E-state index in [0.29, 0.717) is 17.2 Å². The first kappa shape index (κ1) is 21.5. The van der Waals surface area contributed by atoms with E-state index in [0.717, 1.165) is 5.56 Å². The summed E-state index contributed by atoms with van der Waals surface area (Å²) in [6.45, 7) is 3.49. The van der Waals surface area contributed by atoms with Crippen LogP contribution in [-0.4, -0.2) is 34.6 Å². The van der Waals surface area contributed by atoms with Crippen molar-refractivity contribution < 1.29 is 22.7 Å². The lowest BCUT2D eigenvalue weighted by molar-refractivity contribution is -0.111. The van der Waals surface area contributed by atoms with Crippen molar-refractivity contribution >= 4 is 27.7 Å². The fourth-order valence-electron chi connectivity index (χ4n) is 2.41. The Bertz CT molecular complexity index is 951. The van der Waals surface area contributed by atoms with E-state index in [1.807, 2.05) is 0 Å². The van der Waals surface area contributed by atoms with Crippen LogP contribution in [0.4, 0.5) is 5.69 Å². The summed E-state index contributed by atoms with van der Waals surface area (Å²) in [7, 11) is -0.470. The van der Waals surface area contributed by atoms with Crippen LogP contribution < -0.4 is 19.5 Å². The minimum Gasteiger partial charge on any atom is -0.493 e. The normalized spacial score (nSPS) is 11.6. The Morgan fingerprint density at radius 2 is 1.64 bits per heavy atom. The largest absolute Gasteiger partial charge is 0.493 e. The van der Waals surface area contributed by atoms with E-state index in [1.165, 1.54) is 30.3 Å². The third kappa shape index (κ3) is 5.83. The maximum Gasteiger partial charge on any atom is 0.248 e. The smallest absolute Gasteiger partial charge is 0.248 e. The van der Waals surface area contributed by atoms with Gasteiger partial charge in [0, 0.05) is 17.8 Å². The number of hydrogen-bond donors (Lipinski definition) is 2. The van der Waals surface area contributed by atoms with Crippen molar-refractivity contribution in [3.8, 4) is 11.5 Å². The van der Waals surface area contributed by atoms with Gasteiger partial charge in [0.15, 0.2) is 11.5 Å². The highest BCUT2D eigenvalue weighted by Crippen LogP contribution is 2.28. The van der Waals surface area contributed by atoms with E-state index < -0.39 is 10.0 Å². The van der Waals surface area contributed by atoms with Crippen LogP contribution in [-0.2, 0) is 14.8 Å². The predicted octanol–water partition coefficient (Wildman–Crippen LogP) is 3.04. The van der Waals surface area contributed by atoms with E-state index in [4.69, 9.17) is 9.47 Å². The van der Waals surface area contributed by atoms with Gasteiger partial charge in [-0.2, -0.15) is 0 Å². The molecule has 0 aliphatic heterocycles. The molecule has 0 aliphatic rings. The minimum atomic E-state index is -3.56. The number of nitrogens with one attached hydrogen (secondary N) is 2. The van der Waals surface area contributed by atoms with Crippen LogP contribution in [0.3, 0.4) is 0 Å². The number of amides is 1. The van der Waals surface area contributed by atoms with Gasteiger partial charge < -0.3 is 14.8 Å². The summed E-state index contributed by atoms with van der Waals surface area (Å²) in [5.74, 6) is 0.827. The lowest BCUT2D eigenvalue weighted by atomic mass is 10.2. The summed E-state index contributed by atoms with van der Waals surface area (Å²) < 4.78 is 37.1. The zero-order valence-corrected chi connectivity index (χ0v) is 17.0. The Hall–Kier alpha value is -2.84. The van der Waals surface area contributed by atoms with Gasteiger partial charge >= 0.3 is 0 Å². The van der Waals surface area contributed by atoms with E-state index in [2.05, 4.69) is 10.0 Å². The number of sulfonamides is 1. The summed E-state index contributed by atoms with van der Waals surface area (Å²) in [4.78, 5) is 12.2. The van der Waals surface area contributed by atoms with E-state index >= 15 is 0 Å². The lowest BCUT2D eigenvalue weighted by Gasteiger charge is -2.10. The van der Waals surface area contributed by atoms with Crippen LogP contribution in [0.1, 0.15) is 19.4 Å². The van der Waals surface area contributed by atoms with Crippen LogP contribution in [0.2, 0.25) is 0 Å². The van der Waals surface area contributed by atoms with Gasteiger partial charge in [0.1, 0.15) is 0 Å². The van der Waals surface area contributed by atoms with Gasteiger partial charge in [0.25, 0.3) is 0 Å². The zero-order valence-electron chi connectivity index (χ0n) is 16.2. The number of hydrogen-bond acceptors (Lipinski definition) is 5. The Kier molecular flexibility index (Phi) is 7.19. The molecule has 0 atom stereocenters. The fraction of sp³-hybridized carbons (Fsp3) is 0.250. The number of ether oxygens (including phenoxy) is 2. The molecule has 2 aromatic rings. The molecule has 0 saturated heterocycles. The number of rotatable bonds is 8. The highest BCUT2D eigenvalue weighted by atomic mass is 32.2. The highest BCUT2D eigenvalue weighted by Gasteiger charge is 2.15. The van der Waals surface area contributed by atoms with E-state index in [9.17, 15) is 13.2 Å². The molecule has 0 spiro atoms. The first-order valence-electron chi connectivity index (χ1n) is 8.58. The highest BCUT2D eigenvalue weighted by molar-refractivity contribution is 7.89. The molecule has 7 nitrogen and oxygen atoms in total. The van der Waals surface area contributed by atoms with Crippen LogP contribution in [0.15, 0.2) is 53.4 Å². The molecule has 0 radical (unpaired) electrons. The average molecular weight is 404 g/mol. The Labute approximate surface area is 165 Å². The number of carbonyl (C=O) groups excluding carboxylic acids is 1. The molecule has 2 rings (SSSR count). The van der Waals surface area contributed by atoms with Gasteiger partial charge in [-0.05, 0) is 61.9 Å². The number of benzene rings is 2. The molecule has 0 unspecified atom stereocenters. The Balaban J connectivity index is 2.04. The SMILES string of the molecule is COc1ccc(/C=C/C(=O)Nc2ccc(S(=O)(=O)NC(C)C)cc2)cc1OC. The van der Waals surface area contributed by atoms with Crippen molar-refractivity contribution in [1.82, 2.24) is 4.72 Å². The van der Waals surface area contributed by atoms with Crippen LogP contribution in [0, 0.1) is 0 Å². The molecule has 0 aromatic heterocycles. The summed E-state index contributed by atoms with van der Waals surface area (Å²) >= 11 is 0. The first-order valence-corrected chi connectivity index (χ1v) is 10.1. The molecule has 28 heavy (non-hydrogen) atoms. The summed E-state index contributed by atoms with van der Waals surface area (Å²) in [5.41, 5.74) is 1.26. The van der Waals surface area contributed by atoms with Gasteiger partial charge in [-0.25, -0.2) is 13.1 Å². The van der Waals surface area contributed by atoms with Crippen LogP contribution in [0.25, 0.3) is 6.08 Å². The molecule has 0 fully saturated rings. The van der Waals surface area contributed by atoms with E-state index in [-0.39, 0.29) is 16.8 Å². The van der Waals surface area contributed by atoms with Gasteiger partial charge in [-0.15, -0.1) is 0 Å². The molecule has 0 bridgehead atoms. The second-order valence-electron chi connectivity index (χ2n) is 6.24. The quantitative estimate of drug-likeness (QED) is 0.660. The topological polar surface area (TPSA) is 93.7 Å². The summed E-state index contributed by atoms with van der Waals surface area (Å²) in [6.07, 6.45) is 3.02. The van der Waals surface area contributed by atoms with Gasteiger partial charge in [-0.1, -0.05) is 6.07 Å². The molecular weight excluding hydrogens is 380 g/mol. The number of anilines is 1. The maximum absolute atomic E-state index is 12.1. The molecule has 0 saturated carbocycles. The van der Waals surface area contributed by atoms with Crippen molar-refractivity contribution in [3.63, 3.8) is 0 Å². The van der Waals surface area contributed by atoms with Gasteiger partial charge in [0.05, 0.1) is 19.1 Å². The Morgan fingerprint density at radius 3 is 2.21 bits per heavy atom. The van der Waals surface area contributed by atoms with Crippen molar-refractivity contribution in [3.05, 3.63) is 54.1 Å². The van der Waals surface area contributed by atoms with Gasteiger partial charge in [-0.3, -0.25) is 4.79 Å². The first-order chi connectivity index (χ1) is 13.2. The average Bonchev–Trinajstić information content (AvgIpc) is 2.65. The van der Waals surface area contributed by atoms with Crippen LogP contribution in [0.5, 0.6) is 11.5 Å². The molecule has 2 aromatic carbocycles. The van der Waals surface area contributed by atoms with Crippen LogP contribution >= 0.6 is 0 Å². The zero-order chi connectivity index (χ0) is 20.7. The third-order valence-electron chi connectivity index (χ3n) is 3.66. The molecule has 150 valence electrons. The number of methoxy groups -OCH3 is 2. The van der Waals surface area contributed by atoms with Crippen molar-refractivity contribution in [2.45, 2.75) is 24.8 Å². The fourth-order valence-corrected chi connectivity index (χ4v) is 3.66.